The number of fused-ring (bicyclic) bond motifs is 1. The van der Waals surface area contributed by atoms with Gasteiger partial charge in [0.05, 0.1) is 11.6 Å². The lowest BCUT2D eigenvalue weighted by Crippen LogP contribution is -2.41. The van der Waals surface area contributed by atoms with E-state index < -0.39 is 17.3 Å². The number of ether oxygens (including phenoxy) is 1. The number of para-hydroxylation sites is 1. The first-order chi connectivity index (χ1) is 10.9. The minimum absolute atomic E-state index is 0.0174. The van der Waals surface area contributed by atoms with Crippen molar-refractivity contribution in [2.75, 3.05) is 0 Å². The van der Waals surface area contributed by atoms with Gasteiger partial charge in [-0.05, 0) is 38.1 Å². The summed E-state index contributed by atoms with van der Waals surface area (Å²) in [6.07, 6.45) is 0.602. The van der Waals surface area contributed by atoms with Crippen LogP contribution < -0.4 is 10.1 Å². The number of carbonyl (C=O) groups excluding carboxylic acids is 1. The molecule has 0 radical (unpaired) electrons. The predicted octanol–water partition coefficient (Wildman–Crippen LogP) is 4.51. The average Bonchev–Trinajstić information content (AvgIpc) is 2.45. The molecule has 120 valence electrons. The summed E-state index contributed by atoms with van der Waals surface area (Å²) in [6, 6.07) is 11.4. The van der Waals surface area contributed by atoms with Crippen LogP contribution >= 0.6 is 11.6 Å². The van der Waals surface area contributed by atoms with E-state index in [2.05, 4.69) is 5.32 Å². The Labute approximate surface area is 139 Å². The molecule has 2 aromatic rings. The number of hydrogen-bond donors (Lipinski definition) is 1. The molecular weight excluding hydrogens is 317 g/mol. The molecule has 0 saturated carbocycles. The third kappa shape index (κ3) is 3.32. The van der Waals surface area contributed by atoms with Crippen molar-refractivity contribution in [3.63, 3.8) is 0 Å². The van der Waals surface area contributed by atoms with Gasteiger partial charge in [0.1, 0.15) is 17.2 Å². The molecule has 0 aliphatic carbocycles. The zero-order valence-corrected chi connectivity index (χ0v) is 13.7. The average molecular weight is 334 g/mol. The van der Waals surface area contributed by atoms with E-state index in [1.54, 1.807) is 0 Å². The number of carbonyl (C=O) groups is 1. The van der Waals surface area contributed by atoms with Gasteiger partial charge in [-0.15, -0.1) is 0 Å². The van der Waals surface area contributed by atoms with Crippen molar-refractivity contribution in [2.24, 2.45) is 0 Å². The zero-order chi connectivity index (χ0) is 16.6. The number of amides is 1. The molecule has 1 aliphatic heterocycles. The van der Waals surface area contributed by atoms with Gasteiger partial charge in [-0.25, -0.2) is 4.39 Å². The Hall–Kier alpha value is -2.07. The van der Waals surface area contributed by atoms with E-state index in [-0.39, 0.29) is 16.6 Å². The molecule has 0 bridgehead atoms. The lowest BCUT2D eigenvalue weighted by atomic mass is 9.89. The van der Waals surface area contributed by atoms with Crippen molar-refractivity contribution in [1.29, 1.82) is 0 Å². The SMILES string of the molecule is CC1(C)CC(NC(=O)c2ccc(Cl)cc2F)c2ccccc2O1. The molecule has 1 N–H and O–H groups in total. The van der Waals surface area contributed by atoms with Gasteiger partial charge in [0.15, 0.2) is 0 Å². The summed E-state index contributed by atoms with van der Waals surface area (Å²) in [6.45, 7) is 3.93. The molecule has 1 heterocycles. The van der Waals surface area contributed by atoms with Crippen molar-refractivity contribution >= 4 is 17.5 Å². The van der Waals surface area contributed by atoms with Gasteiger partial charge in [-0.2, -0.15) is 0 Å². The second-order valence-corrected chi connectivity index (χ2v) is 6.69. The molecule has 1 atom stereocenters. The van der Waals surface area contributed by atoms with Crippen molar-refractivity contribution in [3.05, 3.63) is 64.4 Å². The van der Waals surface area contributed by atoms with Crippen molar-refractivity contribution in [3.8, 4) is 5.75 Å². The van der Waals surface area contributed by atoms with Crippen molar-refractivity contribution in [1.82, 2.24) is 5.32 Å². The highest BCUT2D eigenvalue weighted by Crippen LogP contribution is 2.39. The molecule has 3 rings (SSSR count). The molecule has 0 spiro atoms. The summed E-state index contributed by atoms with van der Waals surface area (Å²) >= 11 is 5.73. The van der Waals surface area contributed by atoms with E-state index in [1.807, 2.05) is 38.1 Å². The standard InChI is InChI=1S/C18H17ClFNO2/c1-18(2)10-15(13-5-3-4-6-16(13)23-18)21-17(22)12-8-7-11(19)9-14(12)20/h3-9,15H,10H2,1-2H3,(H,21,22). The van der Waals surface area contributed by atoms with Crippen LogP contribution in [0, 0.1) is 5.82 Å². The van der Waals surface area contributed by atoms with E-state index in [0.717, 1.165) is 17.4 Å². The Morgan fingerprint density at radius 2 is 2.04 bits per heavy atom. The van der Waals surface area contributed by atoms with Crippen LogP contribution in [0.5, 0.6) is 5.75 Å². The van der Waals surface area contributed by atoms with Gasteiger partial charge in [-0.3, -0.25) is 4.79 Å². The highest BCUT2D eigenvalue weighted by molar-refractivity contribution is 6.30. The van der Waals surface area contributed by atoms with Crippen LogP contribution in [0.25, 0.3) is 0 Å². The first-order valence-corrected chi connectivity index (χ1v) is 7.77. The number of halogens is 2. The number of rotatable bonds is 2. The normalized spacial score (nSPS) is 18.7. The van der Waals surface area contributed by atoms with Crippen LogP contribution in [0.15, 0.2) is 42.5 Å². The van der Waals surface area contributed by atoms with E-state index >= 15 is 0 Å². The van der Waals surface area contributed by atoms with E-state index in [4.69, 9.17) is 16.3 Å². The predicted molar refractivity (Wildman–Crippen MR) is 87.4 cm³/mol. The molecule has 0 saturated heterocycles. The van der Waals surface area contributed by atoms with E-state index in [0.29, 0.717) is 6.42 Å². The summed E-state index contributed by atoms with van der Waals surface area (Å²) in [5.74, 6) is -0.350. The molecule has 1 amide bonds. The summed E-state index contributed by atoms with van der Waals surface area (Å²) < 4.78 is 19.9. The number of benzene rings is 2. The fourth-order valence-corrected chi connectivity index (χ4v) is 3.00. The Bertz CT molecular complexity index is 760. The van der Waals surface area contributed by atoms with Crippen LogP contribution in [0.2, 0.25) is 5.02 Å². The molecule has 3 nitrogen and oxygen atoms in total. The maximum absolute atomic E-state index is 13.9. The highest BCUT2D eigenvalue weighted by Gasteiger charge is 2.34. The second-order valence-electron chi connectivity index (χ2n) is 6.25. The van der Waals surface area contributed by atoms with Crippen LogP contribution in [-0.4, -0.2) is 11.5 Å². The van der Waals surface area contributed by atoms with E-state index in [9.17, 15) is 9.18 Å². The lowest BCUT2D eigenvalue weighted by molar-refractivity contribution is 0.0618. The number of hydrogen-bond acceptors (Lipinski definition) is 2. The highest BCUT2D eigenvalue weighted by atomic mass is 35.5. The Morgan fingerprint density at radius 1 is 1.30 bits per heavy atom. The summed E-state index contributed by atoms with van der Waals surface area (Å²) in [5.41, 5.74) is 0.468. The molecule has 2 aromatic carbocycles. The topological polar surface area (TPSA) is 38.3 Å². The Morgan fingerprint density at radius 3 is 2.78 bits per heavy atom. The smallest absolute Gasteiger partial charge is 0.254 e. The minimum Gasteiger partial charge on any atom is -0.487 e. The summed E-state index contributed by atoms with van der Waals surface area (Å²) in [4.78, 5) is 12.4. The first-order valence-electron chi connectivity index (χ1n) is 7.39. The molecule has 5 heteroatoms. The quantitative estimate of drug-likeness (QED) is 0.878. The second kappa shape index (κ2) is 5.85. The first kappa shape index (κ1) is 15.8. The molecule has 0 fully saturated rings. The fraction of sp³-hybridized carbons (Fsp3) is 0.278. The lowest BCUT2D eigenvalue weighted by Gasteiger charge is -2.37. The molecule has 1 unspecified atom stereocenters. The summed E-state index contributed by atoms with van der Waals surface area (Å²) in [7, 11) is 0. The largest absolute Gasteiger partial charge is 0.487 e. The minimum atomic E-state index is -0.630. The van der Waals surface area contributed by atoms with Gasteiger partial charge >= 0.3 is 0 Å². The van der Waals surface area contributed by atoms with Gasteiger partial charge in [0, 0.05) is 17.0 Å². The van der Waals surface area contributed by atoms with Crippen molar-refractivity contribution < 1.29 is 13.9 Å². The van der Waals surface area contributed by atoms with Crippen LogP contribution in [0.4, 0.5) is 4.39 Å². The van der Waals surface area contributed by atoms with Gasteiger partial charge < -0.3 is 10.1 Å². The van der Waals surface area contributed by atoms with Crippen molar-refractivity contribution in [2.45, 2.75) is 31.9 Å². The fourth-order valence-electron chi connectivity index (χ4n) is 2.84. The monoisotopic (exact) mass is 333 g/mol. The van der Waals surface area contributed by atoms with Gasteiger partial charge in [-0.1, -0.05) is 29.8 Å². The van der Waals surface area contributed by atoms with E-state index in [1.165, 1.54) is 12.1 Å². The van der Waals surface area contributed by atoms with Crippen LogP contribution in [0.3, 0.4) is 0 Å². The van der Waals surface area contributed by atoms with Gasteiger partial charge in [0.2, 0.25) is 0 Å². The molecule has 1 aliphatic rings. The molecule has 0 aromatic heterocycles. The van der Waals surface area contributed by atoms with Crippen LogP contribution in [-0.2, 0) is 0 Å². The zero-order valence-electron chi connectivity index (χ0n) is 12.9. The number of nitrogens with one attached hydrogen (secondary N) is 1. The maximum atomic E-state index is 13.9. The van der Waals surface area contributed by atoms with Crippen LogP contribution in [0.1, 0.15) is 42.2 Å². The Kier molecular flexibility index (Phi) is 4.02. The third-order valence-electron chi connectivity index (χ3n) is 3.86. The van der Waals surface area contributed by atoms with Gasteiger partial charge in [0.25, 0.3) is 5.91 Å². The molecule has 23 heavy (non-hydrogen) atoms. The summed E-state index contributed by atoms with van der Waals surface area (Å²) in [5, 5.41) is 3.17. The molecular formula is C18H17ClFNO2. The maximum Gasteiger partial charge on any atom is 0.254 e. The third-order valence-corrected chi connectivity index (χ3v) is 4.09. The Balaban J connectivity index is 1.88.